The Balaban J connectivity index is 0.00000338. The molecule has 1 saturated carbocycles. The highest BCUT2D eigenvalue weighted by Gasteiger charge is 2.45. The predicted molar refractivity (Wildman–Crippen MR) is 122 cm³/mol. The molecule has 0 aliphatic heterocycles. The van der Waals surface area contributed by atoms with E-state index < -0.39 is 5.60 Å². The van der Waals surface area contributed by atoms with Gasteiger partial charge in [-0.2, -0.15) is 11.8 Å². The number of aliphatic hydroxyl groups excluding tert-OH is 1. The zero-order chi connectivity index (χ0) is 18.1. The third-order valence-corrected chi connectivity index (χ3v) is 6.08. The summed E-state index contributed by atoms with van der Waals surface area (Å²) < 4.78 is 0. The molecule has 2 rings (SSSR count). The number of hydrogen-bond acceptors (Lipinski definition) is 4. The molecule has 0 bridgehead atoms. The highest BCUT2D eigenvalue weighted by atomic mass is 127. The number of hydrogen-bond donors (Lipinski definition) is 4. The molecule has 3 unspecified atom stereocenters. The van der Waals surface area contributed by atoms with Crippen LogP contribution in [0.25, 0.3) is 0 Å². The van der Waals surface area contributed by atoms with Crippen LogP contribution in [0.4, 0.5) is 0 Å². The predicted octanol–water partition coefficient (Wildman–Crippen LogP) is 2.58. The van der Waals surface area contributed by atoms with E-state index in [1.807, 2.05) is 49.0 Å². The van der Waals surface area contributed by atoms with Crippen molar-refractivity contribution in [1.29, 1.82) is 0 Å². The number of nitrogens with zero attached hydrogens (tertiary/aromatic N) is 1. The zero-order valence-electron chi connectivity index (χ0n) is 15.6. The number of benzene rings is 1. The van der Waals surface area contributed by atoms with Crippen LogP contribution in [0.15, 0.2) is 35.3 Å². The summed E-state index contributed by atoms with van der Waals surface area (Å²) in [4.78, 5) is 4.59. The van der Waals surface area contributed by atoms with Gasteiger partial charge >= 0.3 is 0 Å². The van der Waals surface area contributed by atoms with Crippen molar-refractivity contribution in [1.82, 2.24) is 10.6 Å². The quantitative estimate of drug-likeness (QED) is 0.242. The molecule has 3 atom stereocenters. The molecule has 1 aromatic carbocycles. The Morgan fingerprint density at radius 2 is 2.04 bits per heavy atom. The number of guanidine groups is 1. The van der Waals surface area contributed by atoms with Crippen molar-refractivity contribution in [3.05, 3.63) is 35.9 Å². The van der Waals surface area contributed by atoms with Crippen molar-refractivity contribution >= 4 is 41.7 Å². The lowest BCUT2D eigenvalue weighted by Gasteiger charge is -2.44. The molecular formula is C19H32IN3O2S. The van der Waals surface area contributed by atoms with Gasteiger partial charge in [0.05, 0.1) is 18.8 Å². The molecule has 1 fully saturated rings. The molecular weight excluding hydrogens is 461 g/mol. The molecule has 0 spiro atoms. The first-order valence-corrected chi connectivity index (χ1v) is 10.2. The largest absolute Gasteiger partial charge is 0.396 e. The van der Waals surface area contributed by atoms with Crippen LogP contribution in [-0.2, 0) is 0 Å². The van der Waals surface area contributed by atoms with E-state index in [0.29, 0.717) is 24.3 Å². The molecule has 0 amide bonds. The molecule has 7 heteroatoms. The summed E-state index contributed by atoms with van der Waals surface area (Å²) in [6.45, 7) is 5.98. The van der Waals surface area contributed by atoms with Gasteiger partial charge in [0.1, 0.15) is 0 Å². The van der Waals surface area contributed by atoms with Crippen molar-refractivity contribution < 1.29 is 10.2 Å². The summed E-state index contributed by atoms with van der Waals surface area (Å²) in [5.41, 5.74) is 0.420. The molecule has 148 valence electrons. The van der Waals surface area contributed by atoms with E-state index in [4.69, 9.17) is 0 Å². The van der Waals surface area contributed by atoms with Crippen LogP contribution < -0.4 is 10.6 Å². The molecule has 4 N–H and O–H groups in total. The highest BCUT2D eigenvalue weighted by Crippen LogP contribution is 2.41. The van der Waals surface area contributed by atoms with Crippen molar-refractivity contribution in [2.75, 3.05) is 32.0 Å². The van der Waals surface area contributed by atoms with Gasteiger partial charge in [-0.25, -0.2) is 0 Å². The molecule has 26 heavy (non-hydrogen) atoms. The Kier molecular flexibility index (Phi) is 10.9. The Morgan fingerprint density at radius 3 is 2.58 bits per heavy atom. The van der Waals surface area contributed by atoms with E-state index in [2.05, 4.69) is 22.5 Å². The van der Waals surface area contributed by atoms with Crippen LogP contribution in [-0.4, -0.2) is 59.0 Å². The summed E-state index contributed by atoms with van der Waals surface area (Å²) in [5.74, 6) is 1.72. The summed E-state index contributed by atoms with van der Waals surface area (Å²) in [7, 11) is 0. The minimum Gasteiger partial charge on any atom is -0.396 e. The minimum absolute atomic E-state index is 0. The summed E-state index contributed by atoms with van der Waals surface area (Å²) >= 11 is 1.82. The first kappa shape index (κ1) is 23.5. The Hall–Kier alpha value is -0.510. The van der Waals surface area contributed by atoms with Crippen LogP contribution in [0, 0.1) is 0 Å². The van der Waals surface area contributed by atoms with Crippen molar-refractivity contribution in [2.45, 2.75) is 43.5 Å². The fourth-order valence-electron chi connectivity index (χ4n) is 3.01. The fourth-order valence-corrected chi connectivity index (χ4v) is 4.20. The lowest BCUT2D eigenvalue weighted by atomic mass is 9.79. The number of rotatable bonds is 9. The van der Waals surface area contributed by atoms with Gasteiger partial charge in [0.15, 0.2) is 5.96 Å². The second-order valence-electron chi connectivity index (χ2n) is 6.45. The van der Waals surface area contributed by atoms with Gasteiger partial charge in [-0.1, -0.05) is 37.3 Å². The van der Waals surface area contributed by atoms with Gasteiger partial charge in [0.25, 0.3) is 0 Å². The maximum Gasteiger partial charge on any atom is 0.191 e. The van der Waals surface area contributed by atoms with Crippen LogP contribution >= 0.6 is 35.7 Å². The molecule has 5 nitrogen and oxygen atoms in total. The van der Waals surface area contributed by atoms with Crippen LogP contribution in [0.2, 0.25) is 0 Å². The molecule has 0 heterocycles. The second-order valence-corrected chi connectivity index (χ2v) is 7.93. The molecule has 1 aliphatic carbocycles. The van der Waals surface area contributed by atoms with Gasteiger partial charge in [-0.05, 0) is 31.1 Å². The Bertz CT molecular complexity index is 547. The monoisotopic (exact) mass is 493 g/mol. The van der Waals surface area contributed by atoms with Crippen molar-refractivity contribution in [3.63, 3.8) is 0 Å². The van der Waals surface area contributed by atoms with Gasteiger partial charge in [0, 0.05) is 24.3 Å². The van der Waals surface area contributed by atoms with Gasteiger partial charge in [-0.3, -0.25) is 4.99 Å². The fraction of sp³-hybridized carbons (Fsp3) is 0.632. The molecule has 0 aromatic heterocycles. The molecule has 1 aliphatic rings. The van der Waals surface area contributed by atoms with Gasteiger partial charge < -0.3 is 20.8 Å². The third kappa shape index (κ3) is 6.58. The standard InChI is InChI=1S/C19H31N3O2S.HI/c1-3-20-18(22-14-19(24)11-10-17(19)25-4-2)21-12-16(13-23)15-8-6-5-7-9-15;/h5-9,16-17,23-24H,3-4,10-14H2,1-2H3,(H2,20,21,22);1H. The van der Waals surface area contributed by atoms with Crippen molar-refractivity contribution in [3.8, 4) is 0 Å². The van der Waals surface area contributed by atoms with Gasteiger partial charge in [0.2, 0.25) is 0 Å². The Labute approximate surface area is 178 Å². The minimum atomic E-state index is -0.682. The number of thioether (sulfide) groups is 1. The topological polar surface area (TPSA) is 76.9 Å². The molecule has 1 aromatic rings. The average Bonchev–Trinajstić information content (AvgIpc) is 2.64. The van der Waals surface area contributed by atoms with E-state index in [0.717, 1.165) is 30.7 Å². The summed E-state index contributed by atoms with van der Waals surface area (Å²) in [5, 5.41) is 27.2. The number of aliphatic hydroxyl groups is 2. The summed E-state index contributed by atoms with van der Waals surface area (Å²) in [6, 6.07) is 9.98. The van der Waals surface area contributed by atoms with Gasteiger partial charge in [-0.15, -0.1) is 24.0 Å². The van der Waals surface area contributed by atoms with E-state index in [1.54, 1.807) is 0 Å². The lowest BCUT2D eigenvalue weighted by molar-refractivity contribution is -0.0154. The average molecular weight is 493 g/mol. The first-order chi connectivity index (χ1) is 12.1. The number of halogens is 1. The van der Waals surface area contributed by atoms with Crippen LogP contribution in [0.5, 0.6) is 0 Å². The number of nitrogens with one attached hydrogen (secondary N) is 2. The van der Waals surface area contributed by atoms with E-state index >= 15 is 0 Å². The second kappa shape index (κ2) is 12.0. The molecule has 0 radical (unpaired) electrons. The SMILES string of the molecule is CCNC(=NCC1(O)CCC1SCC)NCC(CO)c1ccccc1.I. The highest BCUT2D eigenvalue weighted by molar-refractivity contribution is 14.0. The van der Waals surface area contributed by atoms with Crippen LogP contribution in [0.1, 0.15) is 38.2 Å². The number of aliphatic imine (C=N–C) groups is 1. The zero-order valence-corrected chi connectivity index (χ0v) is 18.8. The Morgan fingerprint density at radius 1 is 1.31 bits per heavy atom. The van der Waals surface area contributed by atoms with E-state index in [-0.39, 0.29) is 36.5 Å². The van der Waals surface area contributed by atoms with E-state index in [9.17, 15) is 10.2 Å². The van der Waals surface area contributed by atoms with E-state index in [1.165, 1.54) is 0 Å². The maximum absolute atomic E-state index is 10.7. The third-order valence-electron chi connectivity index (χ3n) is 4.67. The normalized spacial score (nSPS) is 23.5. The van der Waals surface area contributed by atoms with Crippen LogP contribution in [0.3, 0.4) is 0 Å². The smallest absolute Gasteiger partial charge is 0.191 e. The molecule has 0 saturated heterocycles. The summed E-state index contributed by atoms with van der Waals surface area (Å²) in [6.07, 6.45) is 1.88. The first-order valence-electron chi connectivity index (χ1n) is 9.15. The maximum atomic E-state index is 10.7. The van der Waals surface area contributed by atoms with Crippen molar-refractivity contribution in [2.24, 2.45) is 4.99 Å². The lowest BCUT2D eigenvalue weighted by Crippen LogP contribution is -2.53.